The number of nitriles is 1. The van der Waals surface area contributed by atoms with Gasteiger partial charge in [-0.15, -0.1) is 0 Å². The molecule has 0 radical (unpaired) electrons. The average molecular weight is 476 g/mol. The topological polar surface area (TPSA) is 129 Å². The minimum atomic E-state index is -0.934. The SMILES string of the molecule is N#CCCCC(NC(=O)OCC1c2ccccc2-c2ccccc21)C(=O)NCC1(C(=O)O)CCC1. The van der Waals surface area contributed by atoms with Gasteiger partial charge in [-0.2, -0.15) is 5.26 Å². The lowest BCUT2D eigenvalue weighted by Crippen LogP contribution is -2.52. The number of nitrogens with zero attached hydrogens (tertiary/aromatic N) is 1. The van der Waals surface area contributed by atoms with Gasteiger partial charge in [-0.3, -0.25) is 9.59 Å². The summed E-state index contributed by atoms with van der Waals surface area (Å²) in [4.78, 5) is 37.1. The van der Waals surface area contributed by atoms with Crippen LogP contribution >= 0.6 is 0 Å². The second kappa shape index (κ2) is 10.6. The fourth-order valence-corrected chi connectivity index (χ4v) is 4.89. The molecule has 35 heavy (non-hydrogen) atoms. The van der Waals surface area contributed by atoms with E-state index >= 15 is 0 Å². The second-order valence-corrected chi connectivity index (χ2v) is 9.23. The van der Waals surface area contributed by atoms with Crippen LogP contribution in [0.15, 0.2) is 48.5 Å². The Morgan fingerprint density at radius 2 is 1.71 bits per heavy atom. The van der Waals surface area contributed by atoms with E-state index in [9.17, 15) is 19.5 Å². The zero-order chi connectivity index (χ0) is 24.8. The van der Waals surface area contributed by atoms with Crippen LogP contribution in [0, 0.1) is 16.7 Å². The minimum absolute atomic E-state index is 0.0162. The van der Waals surface area contributed by atoms with Gasteiger partial charge in [0.1, 0.15) is 12.6 Å². The summed E-state index contributed by atoms with van der Waals surface area (Å²) in [5.74, 6) is -1.49. The molecule has 182 valence electrons. The molecule has 2 aliphatic carbocycles. The number of alkyl carbamates (subject to hydrolysis) is 1. The van der Waals surface area contributed by atoms with Gasteiger partial charge >= 0.3 is 12.1 Å². The summed E-state index contributed by atoms with van der Waals surface area (Å²) < 4.78 is 5.55. The molecule has 1 saturated carbocycles. The highest BCUT2D eigenvalue weighted by atomic mass is 16.5. The van der Waals surface area contributed by atoms with Crippen LogP contribution in [0.1, 0.15) is 55.6 Å². The molecule has 0 spiro atoms. The molecule has 0 heterocycles. The van der Waals surface area contributed by atoms with Crippen molar-refractivity contribution in [2.45, 2.75) is 50.5 Å². The van der Waals surface area contributed by atoms with Crippen molar-refractivity contribution in [2.24, 2.45) is 5.41 Å². The van der Waals surface area contributed by atoms with Crippen molar-refractivity contribution >= 4 is 18.0 Å². The number of carbonyl (C=O) groups excluding carboxylic acids is 2. The molecule has 0 aliphatic heterocycles. The number of hydrogen-bond acceptors (Lipinski definition) is 5. The van der Waals surface area contributed by atoms with Crippen molar-refractivity contribution in [1.29, 1.82) is 5.26 Å². The summed E-state index contributed by atoms with van der Waals surface area (Å²) in [5.41, 5.74) is 3.48. The summed E-state index contributed by atoms with van der Waals surface area (Å²) in [6, 6.07) is 17.2. The first-order valence-electron chi connectivity index (χ1n) is 11.9. The summed E-state index contributed by atoms with van der Waals surface area (Å²) in [6.45, 7) is 0.136. The van der Waals surface area contributed by atoms with E-state index in [0.29, 0.717) is 19.3 Å². The highest BCUT2D eigenvalue weighted by Gasteiger charge is 2.44. The molecule has 1 atom stereocenters. The lowest BCUT2D eigenvalue weighted by Gasteiger charge is -2.37. The highest BCUT2D eigenvalue weighted by molar-refractivity contribution is 5.86. The molecule has 1 unspecified atom stereocenters. The van der Waals surface area contributed by atoms with Gasteiger partial charge in [-0.25, -0.2) is 4.79 Å². The predicted molar refractivity (Wildman–Crippen MR) is 128 cm³/mol. The first-order chi connectivity index (χ1) is 16.9. The van der Waals surface area contributed by atoms with E-state index in [-0.39, 0.29) is 31.9 Å². The van der Waals surface area contributed by atoms with E-state index in [2.05, 4.69) is 22.8 Å². The molecule has 1 fully saturated rings. The third-order valence-electron chi connectivity index (χ3n) is 7.10. The smallest absolute Gasteiger partial charge is 0.407 e. The van der Waals surface area contributed by atoms with Gasteiger partial charge in [0.2, 0.25) is 5.91 Å². The maximum Gasteiger partial charge on any atom is 0.407 e. The Bertz CT molecular complexity index is 1110. The zero-order valence-corrected chi connectivity index (χ0v) is 19.5. The summed E-state index contributed by atoms with van der Waals surface area (Å²) >= 11 is 0. The number of fused-ring (bicyclic) bond motifs is 3. The first-order valence-corrected chi connectivity index (χ1v) is 11.9. The van der Waals surface area contributed by atoms with Crippen LogP contribution in [0.25, 0.3) is 11.1 Å². The third kappa shape index (κ3) is 5.14. The monoisotopic (exact) mass is 475 g/mol. The number of carbonyl (C=O) groups is 3. The van der Waals surface area contributed by atoms with E-state index in [1.165, 1.54) is 0 Å². The van der Waals surface area contributed by atoms with E-state index < -0.39 is 29.4 Å². The number of benzene rings is 2. The standard InChI is InChI=1S/C27H29N3O5/c28-15-6-5-12-23(24(31)29-17-27(25(32)33)13-7-14-27)30-26(34)35-16-22-20-10-3-1-8-18(20)19-9-2-4-11-21(19)22/h1-4,8-11,22-23H,5-7,12-14,16-17H2,(H,29,31)(H,30,34)(H,32,33). The van der Waals surface area contributed by atoms with Crippen molar-refractivity contribution in [2.75, 3.05) is 13.2 Å². The Kier molecular flexibility index (Phi) is 7.35. The summed E-state index contributed by atoms with van der Waals surface area (Å²) in [5, 5.41) is 23.6. The molecule has 4 rings (SSSR count). The number of unbranched alkanes of at least 4 members (excludes halogenated alkanes) is 1. The lowest BCUT2D eigenvalue weighted by atomic mass is 9.69. The van der Waals surface area contributed by atoms with E-state index in [1.807, 2.05) is 42.5 Å². The Labute approximate surface area is 204 Å². The van der Waals surface area contributed by atoms with Crippen LogP contribution < -0.4 is 10.6 Å². The Morgan fingerprint density at radius 3 is 2.26 bits per heavy atom. The fraction of sp³-hybridized carbons (Fsp3) is 0.407. The van der Waals surface area contributed by atoms with Crippen LogP contribution in [-0.4, -0.2) is 42.3 Å². The molecule has 3 N–H and O–H groups in total. The van der Waals surface area contributed by atoms with Crippen molar-refractivity contribution in [3.63, 3.8) is 0 Å². The number of nitrogens with one attached hydrogen (secondary N) is 2. The Balaban J connectivity index is 1.38. The molecule has 8 heteroatoms. The van der Waals surface area contributed by atoms with Crippen molar-refractivity contribution in [3.8, 4) is 17.2 Å². The molecule has 2 aromatic rings. The van der Waals surface area contributed by atoms with Gasteiger partial charge in [0.25, 0.3) is 0 Å². The fourth-order valence-electron chi connectivity index (χ4n) is 4.89. The number of carboxylic acid groups (broad SMARTS) is 1. The minimum Gasteiger partial charge on any atom is -0.481 e. The third-order valence-corrected chi connectivity index (χ3v) is 7.10. The maximum absolute atomic E-state index is 12.8. The zero-order valence-electron chi connectivity index (χ0n) is 19.5. The van der Waals surface area contributed by atoms with Crippen LogP contribution in [0.4, 0.5) is 4.79 Å². The highest BCUT2D eigenvalue weighted by Crippen LogP contribution is 2.44. The predicted octanol–water partition coefficient (Wildman–Crippen LogP) is 3.96. The van der Waals surface area contributed by atoms with Crippen LogP contribution in [0.3, 0.4) is 0 Å². The quantitative estimate of drug-likeness (QED) is 0.446. The number of ether oxygens (including phenoxy) is 1. The number of hydrogen-bond donors (Lipinski definition) is 3. The van der Waals surface area contributed by atoms with E-state index in [1.54, 1.807) is 0 Å². The number of aliphatic carboxylic acids is 1. The Hall–Kier alpha value is -3.86. The Morgan fingerprint density at radius 1 is 1.09 bits per heavy atom. The van der Waals surface area contributed by atoms with Crippen LogP contribution in [0.2, 0.25) is 0 Å². The molecule has 0 saturated heterocycles. The molecule has 2 amide bonds. The molecule has 0 bridgehead atoms. The first kappa shape index (κ1) is 24.3. The second-order valence-electron chi connectivity index (χ2n) is 9.23. The van der Waals surface area contributed by atoms with Gasteiger partial charge in [-0.05, 0) is 47.9 Å². The molecular formula is C27H29N3O5. The van der Waals surface area contributed by atoms with E-state index in [4.69, 9.17) is 10.00 Å². The van der Waals surface area contributed by atoms with Crippen molar-refractivity contribution in [3.05, 3.63) is 59.7 Å². The van der Waals surface area contributed by atoms with Crippen molar-refractivity contribution < 1.29 is 24.2 Å². The summed E-state index contributed by atoms with van der Waals surface area (Å²) in [7, 11) is 0. The normalized spacial score (nSPS) is 16.1. The van der Waals surface area contributed by atoms with Gasteiger partial charge in [0.05, 0.1) is 11.5 Å². The largest absolute Gasteiger partial charge is 0.481 e. The van der Waals surface area contributed by atoms with Gasteiger partial charge in [-0.1, -0.05) is 55.0 Å². The van der Waals surface area contributed by atoms with Crippen LogP contribution in [-0.2, 0) is 14.3 Å². The number of carboxylic acids is 1. The maximum atomic E-state index is 12.8. The van der Waals surface area contributed by atoms with Gasteiger partial charge in [0, 0.05) is 18.9 Å². The summed E-state index contributed by atoms with van der Waals surface area (Å²) in [6.07, 6.45) is 2.04. The number of amides is 2. The molecular weight excluding hydrogens is 446 g/mol. The van der Waals surface area contributed by atoms with Gasteiger partial charge in [0.15, 0.2) is 0 Å². The van der Waals surface area contributed by atoms with Gasteiger partial charge < -0.3 is 20.5 Å². The molecule has 2 aliphatic rings. The van der Waals surface area contributed by atoms with Crippen molar-refractivity contribution in [1.82, 2.24) is 10.6 Å². The molecule has 0 aromatic heterocycles. The molecule has 2 aromatic carbocycles. The number of rotatable bonds is 10. The average Bonchev–Trinajstić information content (AvgIpc) is 3.15. The van der Waals surface area contributed by atoms with Crippen LogP contribution in [0.5, 0.6) is 0 Å². The lowest BCUT2D eigenvalue weighted by molar-refractivity contribution is -0.154. The molecule has 8 nitrogen and oxygen atoms in total. The van der Waals surface area contributed by atoms with E-state index in [0.717, 1.165) is 28.7 Å².